The van der Waals surface area contributed by atoms with Crippen molar-refractivity contribution in [3.05, 3.63) is 0 Å². The lowest BCUT2D eigenvalue weighted by Crippen LogP contribution is -2.49. The molecule has 0 unspecified atom stereocenters. The predicted octanol–water partition coefficient (Wildman–Crippen LogP) is 1.84. The molecule has 0 amide bonds. The summed E-state index contributed by atoms with van der Waals surface area (Å²) in [5.74, 6) is 0.773. The molecule has 1 saturated heterocycles. The lowest BCUT2D eigenvalue weighted by molar-refractivity contribution is -0.0594. The largest absolute Gasteiger partial charge is 0.388 e. The molecule has 0 spiro atoms. The van der Waals surface area contributed by atoms with Gasteiger partial charge >= 0.3 is 0 Å². The molecule has 1 rings (SSSR count). The van der Waals surface area contributed by atoms with Crippen LogP contribution in [0.1, 0.15) is 33.6 Å². The second-order valence-electron chi connectivity index (χ2n) is 5.85. The van der Waals surface area contributed by atoms with Crippen LogP contribution in [0.4, 0.5) is 0 Å². The highest BCUT2D eigenvalue weighted by atomic mass is 127. The highest BCUT2D eigenvalue weighted by Crippen LogP contribution is 2.21. The molecule has 21 heavy (non-hydrogen) atoms. The fraction of sp³-hybridized carbons (Fsp3) is 0.929. The van der Waals surface area contributed by atoms with E-state index in [1.54, 1.807) is 11.8 Å². The molecule has 1 heterocycles. The first-order valence-corrected chi connectivity index (χ1v) is 8.51. The summed E-state index contributed by atoms with van der Waals surface area (Å²) >= 11 is 1.80. The second kappa shape index (κ2) is 10.1. The van der Waals surface area contributed by atoms with Crippen molar-refractivity contribution >= 4 is 41.7 Å². The molecule has 126 valence electrons. The molecule has 0 saturated carbocycles. The molecule has 0 bridgehead atoms. The van der Waals surface area contributed by atoms with E-state index in [0.29, 0.717) is 32.6 Å². The Morgan fingerprint density at radius 1 is 1.33 bits per heavy atom. The fourth-order valence-electron chi connectivity index (χ4n) is 1.85. The highest BCUT2D eigenvalue weighted by Gasteiger charge is 2.29. The van der Waals surface area contributed by atoms with Gasteiger partial charge < -0.3 is 20.5 Å². The SMILES string of the molecule is CCNC(=NCC(C)(C)SC)NCC1(O)CCOCC1.I. The summed E-state index contributed by atoms with van der Waals surface area (Å²) in [5.41, 5.74) is -0.677. The van der Waals surface area contributed by atoms with Crippen LogP contribution in [0, 0.1) is 0 Å². The lowest BCUT2D eigenvalue weighted by Gasteiger charge is -2.32. The Kier molecular flexibility index (Phi) is 10.3. The zero-order valence-corrected chi connectivity index (χ0v) is 16.7. The van der Waals surface area contributed by atoms with Gasteiger partial charge in [0.25, 0.3) is 0 Å². The van der Waals surface area contributed by atoms with E-state index >= 15 is 0 Å². The summed E-state index contributed by atoms with van der Waals surface area (Å²) in [6, 6.07) is 0. The number of hydrogen-bond acceptors (Lipinski definition) is 4. The van der Waals surface area contributed by atoms with Gasteiger partial charge in [-0.2, -0.15) is 11.8 Å². The molecule has 1 aliphatic heterocycles. The standard InChI is InChI=1S/C14H29N3O2S.HI/c1-5-15-12(16-10-13(2,3)20-4)17-11-14(18)6-8-19-9-7-14;/h18H,5-11H2,1-4H3,(H2,15,16,17);1H. The van der Waals surface area contributed by atoms with Gasteiger partial charge in [0.1, 0.15) is 0 Å². The molecule has 1 fully saturated rings. The van der Waals surface area contributed by atoms with Crippen molar-refractivity contribution in [2.45, 2.75) is 44.0 Å². The number of rotatable bonds is 6. The van der Waals surface area contributed by atoms with Gasteiger partial charge in [-0.05, 0) is 27.0 Å². The molecule has 1 aliphatic rings. The van der Waals surface area contributed by atoms with Crippen molar-refractivity contribution in [1.29, 1.82) is 0 Å². The smallest absolute Gasteiger partial charge is 0.191 e. The van der Waals surface area contributed by atoms with Crippen LogP contribution in [0.2, 0.25) is 0 Å². The van der Waals surface area contributed by atoms with E-state index < -0.39 is 5.60 Å². The maximum atomic E-state index is 10.4. The Bertz CT molecular complexity index is 321. The van der Waals surface area contributed by atoms with E-state index in [9.17, 15) is 5.11 Å². The molecular formula is C14H30IN3O2S. The minimum Gasteiger partial charge on any atom is -0.388 e. The van der Waals surface area contributed by atoms with Gasteiger partial charge in [-0.15, -0.1) is 24.0 Å². The molecule has 0 aromatic carbocycles. The van der Waals surface area contributed by atoms with Crippen molar-refractivity contribution in [3.63, 3.8) is 0 Å². The molecule has 7 heteroatoms. The number of hydrogen-bond donors (Lipinski definition) is 3. The van der Waals surface area contributed by atoms with E-state index in [4.69, 9.17) is 4.74 Å². The van der Waals surface area contributed by atoms with Crippen LogP contribution in [0.25, 0.3) is 0 Å². The van der Waals surface area contributed by atoms with Crippen molar-refractivity contribution < 1.29 is 9.84 Å². The minimum absolute atomic E-state index is 0. The Balaban J connectivity index is 0.00000400. The van der Waals surface area contributed by atoms with Crippen molar-refractivity contribution in [2.24, 2.45) is 4.99 Å². The Hall–Kier alpha value is 0.270. The van der Waals surface area contributed by atoms with Crippen molar-refractivity contribution in [2.75, 3.05) is 39.1 Å². The maximum Gasteiger partial charge on any atom is 0.191 e. The zero-order valence-electron chi connectivity index (χ0n) is 13.6. The average molecular weight is 431 g/mol. The Morgan fingerprint density at radius 3 is 2.48 bits per heavy atom. The van der Waals surface area contributed by atoms with Crippen LogP contribution in [-0.4, -0.2) is 60.5 Å². The average Bonchev–Trinajstić information content (AvgIpc) is 2.43. The third-order valence-electron chi connectivity index (χ3n) is 3.52. The van der Waals surface area contributed by atoms with Gasteiger partial charge in [0, 0.05) is 43.9 Å². The molecule has 0 atom stereocenters. The van der Waals surface area contributed by atoms with Crippen LogP contribution >= 0.6 is 35.7 Å². The topological polar surface area (TPSA) is 65.9 Å². The quantitative estimate of drug-likeness (QED) is 0.340. The number of halogens is 1. The van der Waals surface area contributed by atoms with Gasteiger partial charge in [-0.3, -0.25) is 4.99 Å². The van der Waals surface area contributed by atoms with E-state index in [0.717, 1.165) is 19.0 Å². The summed E-state index contributed by atoms with van der Waals surface area (Å²) in [6.45, 7) is 9.73. The summed E-state index contributed by atoms with van der Waals surface area (Å²) in [4.78, 5) is 4.60. The summed E-state index contributed by atoms with van der Waals surface area (Å²) in [5, 5.41) is 16.9. The third-order valence-corrected chi connectivity index (χ3v) is 4.76. The summed E-state index contributed by atoms with van der Waals surface area (Å²) in [7, 11) is 0. The number of guanidine groups is 1. The second-order valence-corrected chi connectivity index (χ2v) is 7.36. The van der Waals surface area contributed by atoms with Crippen LogP contribution in [0.5, 0.6) is 0 Å². The summed E-state index contributed by atoms with van der Waals surface area (Å²) in [6.07, 6.45) is 3.45. The van der Waals surface area contributed by atoms with Crippen LogP contribution in [0.3, 0.4) is 0 Å². The molecule has 0 aromatic heterocycles. The molecule has 5 nitrogen and oxygen atoms in total. The van der Waals surface area contributed by atoms with E-state index in [2.05, 4.69) is 35.7 Å². The van der Waals surface area contributed by atoms with E-state index in [1.807, 2.05) is 6.92 Å². The summed E-state index contributed by atoms with van der Waals surface area (Å²) < 4.78 is 5.41. The number of aliphatic hydroxyl groups is 1. The van der Waals surface area contributed by atoms with E-state index in [-0.39, 0.29) is 28.7 Å². The Labute approximate surface area is 150 Å². The van der Waals surface area contributed by atoms with Crippen molar-refractivity contribution in [1.82, 2.24) is 10.6 Å². The third kappa shape index (κ3) is 8.47. The Morgan fingerprint density at radius 2 is 1.95 bits per heavy atom. The van der Waals surface area contributed by atoms with Gasteiger partial charge in [-0.1, -0.05) is 0 Å². The van der Waals surface area contributed by atoms with E-state index in [1.165, 1.54) is 0 Å². The number of thioether (sulfide) groups is 1. The molecule has 3 N–H and O–H groups in total. The fourth-order valence-corrected chi connectivity index (χ4v) is 2.05. The maximum absolute atomic E-state index is 10.4. The minimum atomic E-state index is -0.677. The van der Waals surface area contributed by atoms with Crippen LogP contribution in [-0.2, 0) is 4.74 Å². The highest BCUT2D eigenvalue weighted by molar-refractivity contribution is 14.0. The van der Waals surface area contributed by atoms with Crippen LogP contribution in [0.15, 0.2) is 4.99 Å². The first kappa shape index (κ1) is 21.3. The predicted molar refractivity (Wildman–Crippen MR) is 102 cm³/mol. The molecular weight excluding hydrogens is 401 g/mol. The van der Waals surface area contributed by atoms with Crippen LogP contribution < -0.4 is 10.6 Å². The monoisotopic (exact) mass is 431 g/mol. The van der Waals surface area contributed by atoms with Gasteiger partial charge in [0.05, 0.1) is 12.1 Å². The molecule has 0 aromatic rings. The lowest BCUT2D eigenvalue weighted by atomic mass is 9.94. The first-order chi connectivity index (χ1) is 9.41. The zero-order chi connectivity index (χ0) is 15.1. The first-order valence-electron chi connectivity index (χ1n) is 7.28. The van der Waals surface area contributed by atoms with Gasteiger partial charge in [0.15, 0.2) is 5.96 Å². The van der Waals surface area contributed by atoms with Gasteiger partial charge in [0.2, 0.25) is 0 Å². The normalized spacial score (nSPS) is 18.8. The van der Waals surface area contributed by atoms with Gasteiger partial charge in [-0.25, -0.2) is 0 Å². The molecule has 0 radical (unpaired) electrons. The number of nitrogens with one attached hydrogen (secondary N) is 2. The van der Waals surface area contributed by atoms with Crippen molar-refractivity contribution in [3.8, 4) is 0 Å². The molecule has 0 aliphatic carbocycles. The number of nitrogens with zero attached hydrogens (tertiary/aromatic N) is 1. The number of aliphatic imine (C=N–C) groups is 1. The number of ether oxygens (including phenoxy) is 1.